The zero-order valence-corrected chi connectivity index (χ0v) is 12.4. The van der Waals surface area contributed by atoms with Crippen molar-refractivity contribution in [1.82, 2.24) is 0 Å². The van der Waals surface area contributed by atoms with Gasteiger partial charge in [-0.05, 0) is 12.1 Å². The smallest absolute Gasteiger partial charge is 0.415 e. The molecule has 2 heterocycles. The van der Waals surface area contributed by atoms with Crippen molar-refractivity contribution in [2.75, 3.05) is 30.5 Å². The van der Waals surface area contributed by atoms with Crippen LogP contribution in [0, 0.1) is 5.82 Å². The molecule has 23 heavy (non-hydrogen) atoms. The average molecular weight is 324 g/mol. The summed E-state index contributed by atoms with van der Waals surface area (Å²) in [5, 5.41) is 0. The number of esters is 1. The lowest BCUT2D eigenvalue weighted by molar-refractivity contribution is -0.148. The average Bonchev–Trinajstić information content (AvgIpc) is 2.91. The highest BCUT2D eigenvalue weighted by molar-refractivity contribution is 5.96. The third kappa shape index (κ3) is 2.43. The van der Waals surface area contributed by atoms with Gasteiger partial charge in [-0.25, -0.2) is 18.8 Å². The first kappa shape index (κ1) is 15.1. The Hall–Kier alpha value is -2.84. The van der Waals surface area contributed by atoms with Crippen LogP contribution in [0.25, 0.3) is 0 Å². The SMILES string of the molecule is COC(=O)C1CN(c2cc(F)c3c(c2)COC(=O)N3C)C(=O)O1. The fourth-order valence-electron chi connectivity index (χ4n) is 2.54. The number of hydrogen-bond acceptors (Lipinski definition) is 6. The third-order valence-corrected chi connectivity index (χ3v) is 3.68. The van der Waals surface area contributed by atoms with Crippen molar-refractivity contribution in [3.8, 4) is 0 Å². The Morgan fingerprint density at radius 3 is 2.78 bits per heavy atom. The summed E-state index contributed by atoms with van der Waals surface area (Å²) >= 11 is 0. The van der Waals surface area contributed by atoms with Crippen LogP contribution in [0.2, 0.25) is 0 Å². The first-order chi connectivity index (χ1) is 10.9. The van der Waals surface area contributed by atoms with Gasteiger partial charge in [0.25, 0.3) is 0 Å². The van der Waals surface area contributed by atoms with Gasteiger partial charge in [-0.15, -0.1) is 0 Å². The molecular formula is C14H13FN2O6. The lowest BCUT2D eigenvalue weighted by Gasteiger charge is -2.27. The Labute approximate surface area is 130 Å². The first-order valence-corrected chi connectivity index (χ1v) is 6.71. The van der Waals surface area contributed by atoms with E-state index in [-0.39, 0.29) is 24.5 Å². The molecule has 1 fully saturated rings. The molecule has 3 rings (SSSR count). The molecule has 2 amide bonds. The second-order valence-corrected chi connectivity index (χ2v) is 5.06. The predicted molar refractivity (Wildman–Crippen MR) is 74.6 cm³/mol. The summed E-state index contributed by atoms with van der Waals surface area (Å²) in [5.74, 6) is -1.36. The maximum absolute atomic E-state index is 14.3. The molecule has 8 nitrogen and oxygen atoms in total. The van der Waals surface area contributed by atoms with Crippen molar-refractivity contribution in [2.24, 2.45) is 0 Å². The number of fused-ring (bicyclic) bond motifs is 1. The molecule has 0 aromatic heterocycles. The molecular weight excluding hydrogens is 311 g/mol. The summed E-state index contributed by atoms with van der Waals surface area (Å²) < 4.78 is 28.7. The molecule has 1 atom stereocenters. The molecule has 0 saturated carbocycles. The Morgan fingerprint density at radius 1 is 1.35 bits per heavy atom. The second-order valence-electron chi connectivity index (χ2n) is 5.06. The molecule has 1 aromatic rings. The monoisotopic (exact) mass is 324 g/mol. The van der Waals surface area contributed by atoms with E-state index in [9.17, 15) is 18.8 Å². The molecule has 0 N–H and O–H groups in total. The molecule has 1 aromatic carbocycles. The standard InChI is InChI=1S/C14H13FN2O6/c1-16-11-7(6-22-13(16)19)3-8(4-9(11)15)17-5-10(12(18)21-2)23-14(17)20/h3-4,10H,5-6H2,1-2H3. The van der Waals surface area contributed by atoms with Crippen molar-refractivity contribution in [2.45, 2.75) is 12.7 Å². The number of carbonyl (C=O) groups is 3. The van der Waals surface area contributed by atoms with E-state index < -0.39 is 30.1 Å². The van der Waals surface area contributed by atoms with E-state index in [0.717, 1.165) is 15.9 Å². The minimum Gasteiger partial charge on any atom is -0.466 e. The molecule has 2 aliphatic rings. The van der Waals surface area contributed by atoms with Gasteiger partial charge < -0.3 is 14.2 Å². The molecule has 0 spiro atoms. The van der Waals surface area contributed by atoms with Gasteiger partial charge in [0.1, 0.15) is 12.4 Å². The fourth-order valence-corrected chi connectivity index (χ4v) is 2.54. The van der Waals surface area contributed by atoms with Crippen molar-refractivity contribution in [3.05, 3.63) is 23.5 Å². The highest BCUT2D eigenvalue weighted by Gasteiger charge is 2.38. The highest BCUT2D eigenvalue weighted by Crippen LogP contribution is 2.34. The van der Waals surface area contributed by atoms with E-state index in [4.69, 9.17) is 9.47 Å². The number of hydrogen-bond donors (Lipinski definition) is 0. The van der Waals surface area contributed by atoms with Gasteiger partial charge in [0.15, 0.2) is 0 Å². The van der Waals surface area contributed by atoms with E-state index in [2.05, 4.69) is 4.74 Å². The summed E-state index contributed by atoms with van der Waals surface area (Å²) in [6.45, 7) is -0.189. The molecule has 1 saturated heterocycles. The largest absolute Gasteiger partial charge is 0.466 e. The quantitative estimate of drug-likeness (QED) is 0.604. The maximum atomic E-state index is 14.3. The van der Waals surface area contributed by atoms with Gasteiger partial charge in [0.2, 0.25) is 6.10 Å². The summed E-state index contributed by atoms with van der Waals surface area (Å²) in [7, 11) is 2.57. The molecule has 0 aliphatic carbocycles. The van der Waals surface area contributed by atoms with Crippen molar-refractivity contribution < 1.29 is 33.0 Å². The number of carbonyl (C=O) groups excluding carboxylic acids is 3. The normalized spacial score (nSPS) is 20.0. The Balaban J connectivity index is 1.93. The fraction of sp³-hybridized carbons (Fsp3) is 0.357. The minimum absolute atomic E-state index is 0.0840. The van der Waals surface area contributed by atoms with Crippen LogP contribution >= 0.6 is 0 Å². The number of benzene rings is 1. The molecule has 122 valence electrons. The Bertz CT molecular complexity index is 707. The van der Waals surface area contributed by atoms with Gasteiger partial charge >= 0.3 is 18.2 Å². The van der Waals surface area contributed by atoms with Crippen LogP contribution in [-0.2, 0) is 25.6 Å². The van der Waals surface area contributed by atoms with E-state index in [1.807, 2.05) is 0 Å². The summed E-state index contributed by atoms with van der Waals surface area (Å²) in [6, 6.07) is 2.62. The van der Waals surface area contributed by atoms with E-state index in [1.165, 1.54) is 20.2 Å². The number of ether oxygens (including phenoxy) is 3. The van der Waals surface area contributed by atoms with Crippen molar-refractivity contribution in [3.63, 3.8) is 0 Å². The van der Waals surface area contributed by atoms with Crippen LogP contribution in [-0.4, -0.2) is 45.0 Å². The predicted octanol–water partition coefficient (Wildman–Crippen LogP) is 1.41. The third-order valence-electron chi connectivity index (χ3n) is 3.68. The summed E-state index contributed by atoms with van der Waals surface area (Å²) in [6.07, 6.45) is -2.50. The Morgan fingerprint density at radius 2 is 2.09 bits per heavy atom. The Kier molecular flexibility index (Phi) is 3.55. The molecule has 9 heteroatoms. The number of rotatable bonds is 2. The number of cyclic esters (lactones) is 2. The number of methoxy groups -OCH3 is 1. The van der Waals surface area contributed by atoms with Gasteiger partial charge in [-0.1, -0.05) is 0 Å². The molecule has 2 aliphatic heterocycles. The number of anilines is 2. The van der Waals surface area contributed by atoms with Crippen LogP contribution in [0.5, 0.6) is 0 Å². The topological polar surface area (TPSA) is 85.4 Å². The van der Waals surface area contributed by atoms with E-state index in [1.54, 1.807) is 0 Å². The first-order valence-electron chi connectivity index (χ1n) is 6.71. The molecule has 1 unspecified atom stereocenters. The summed E-state index contributed by atoms with van der Waals surface area (Å²) in [4.78, 5) is 37.0. The lowest BCUT2D eigenvalue weighted by Crippen LogP contribution is -2.33. The van der Waals surface area contributed by atoms with Gasteiger partial charge in [0, 0.05) is 12.6 Å². The zero-order valence-electron chi connectivity index (χ0n) is 12.4. The highest BCUT2D eigenvalue weighted by atomic mass is 19.1. The minimum atomic E-state index is -1.06. The number of nitrogens with zero attached hydrogens (tertiary/aromatic N) is 2. The van der Waals surface area contributed by atoms with Gasteiger partial charge in [-0.2, -0.15) is 0 Å². The van der Waals surface area contributed by atoms with Crippen LogP contribution in [0.3, 0.4) is 0 Å². The second kappa shape index (κ2) is 5.41. The van der Waals surface area contributed by atoms with Gasteiger partial charge in [0.05, 0.1) is 25.0 Å². The number of halogens is 1. The number of amides is 2. The van der Waals surface area contributed by atoms with Gasteiger partial charge in [-0.3, -0.25) is 9.80 Å². The maximum Gasteiger partial charge on any atom is 0.415 e. The summed E-state index contributed by atoms with van der Waals surface area (Å²) in [5.41, 5.74) is 0.725. The van der Waals surface area contributed by atoms with E-state index >= 15 is 0 Å². The lowest BCUT2D eigenvalue weighted by atomic mass is 10.1. The van der Waals surface area contributed by atoms with Crippen LogP contribution in [0.1, 0.15) is 5.56 Å². The van der Waals surface area contributed by atoms with Crippen molar-refractivity contribution >= 4 is 29.5 Å². The van der Waals surface area contributed by atoms with Crippen LogP contribution in [0.4, 0.5) is 25.4 Å². The molecule has 0 radical (unpaired) electrons. The van der Waals surface area contributed by atoms with Crippen molar-refractivity contribution in [1.29, 1.82) is 0 Å². The molecule has 0 bridgehead atoms. The van der Waals surface area contributed by atoms with Crippen LogP contribution < -0.4 is 9.80 Å². The van der Waals surface area contributed by atoms with E-state index in [0.29, 0.717) is 5.56 Å². The zero-order chi connectivity index (χ0) is 16.7. The van der Waals surface area contributed by atoms with Crippen LogP contribution in [0.15, 0.2) is 12.1 Å².